The lowest BCUT2D eigenvalue weighted by Gasteiger charge is -2.31. The van der Waals surface area contributed by atoms with Crippen LogP contribution in [0.5, 0.6) is 5.06 Å². The molecule has 0 aromatic carbocycles. The summed E-state index contributed by atoms with van der Waals surface area (Å²) in [6.45, 7) is 10.9. The summed E-state index contributed by atoms with van der Waals surface area (Å²) in [7, 11) is 0. The molecule has 0 spiro atoms. The Hall–Kier alpha value is -2.21. The summed E-state index contributed by atoms with van der Waals surface area (Å²) in [6, 6.07) is 1.80. The van der Waals surface area contributed by atoms with Crippen molar-refractivity contribution in [1.82, 2.24) is 4.90 Å². The number of halogens is 1. The van der Waals surface area contributed by atoms with E-state index in [-0.39, 0.29) is 17.3 Å². The van der Waals surface area contributed by atoms with Gasteiger partial charge in [0, 0.05) is 37.4 Å². The number of fused-ring (bicyclic) bond motifs is 1. The maximum absolute atomic E-state index is 14.1. The number of allylic oxidation sites excluding steroid dienone is 4. The maximum atomic E-state index is 14.1. The Morgan fingerprint density at radius 2 is 2.12 bits per heavy atom. The van der Waals surface area contributed by atoms with Gasteiger partial charge in [-0.05, 0) is 18.1 Å². The molecule has 24 heavy (non-hydrogen) atoms. The van der Waals surface area contributed by atoms with Crippen molar-refractivity contribution in [2.24, 2.45) is 0 Å². The van der Waals surface area contributed by atoms with E-state index in [0.29, 0.717) is 30.3 Å². The number of rotatable bonds is 6. The number of hydrogen-bond acceptors (Lipinski definition) is 5. The molecule has 0 bridgehead atoms. The van der Waals surface area contributed by atoms with Crippen LogP contribution in [0.15, 0.2) is 42.6 Å². The van der Waals surface area contributed by atoms with Gasteiger partial charge in [-0.1, -0.05) is 25.3 Å². The fraction of sp³-hybridized carbons (Fsp3) is 0.333. The number of thiophene rings is 1. The Kier molecular flexibility index (Phi) is 5.72. The van der Waals surface area contributed by atoms with Crippen molar-refractivity contribution in [3.05, 3.63) is 53.1 Å². The number of esters is 1. The van der Waals surface area contributed by atoms with Gasteiger partial charge in [0.05, 0.1) is 5.70 Å². The third kappa shape index (κ3) is 3.82. The molecule has 2 rings (SSSR count). The number of alkyl halides is 1. The van der Waals surface area contributed by atoms with E-state index in [1.165, 1.54) is 31.3 Å². The summed E-state index contributed by atoms with van der Waals surface area (Å²) in [6.07, 6.45) is 1.78. The standard InChI is InChI=1S/C18H20FNO3S/c1-5-14(15(19)6-2)18(11(3)21)20-8-7-16-13(10-20)9-17(24-16)23-12(4)22/h5-6,9,15H,1-2,7-8,10H2,3-4H3/b18-14-. The molecule has 0 saturated carbocycles. The average molecular weight is 349 g/mol. The highest BCUT2D eigenvalue weighted by Crippen LogP contribution is 2.35. The van der Waals surface area contributed by atoms with Crippen molar-refractivity contribution in [3.8, 4) is 5.06 Å². The van der Waals surface area contributed by atoms with E-state index in [0.717, 1.165) is 16.5 Å². The van der Waals surface area contributed by atoms with Gasteiger partial charge < -0.3 is 9.64 Å². The number of carbonyl (C=O) groups excluding carboxylic acids is 2. The average Bonchev–Trinajstić information content (AvgIpc) is 2.91. The van der Waals surface area contributed by atoms with Crippen molar-refractivity contribution < 1.29 is 18.7 Å². The SMILES string of the molecule is C=C/C(=C(\C(C)=O)N1CCc2sc(OC(C)=O)cc2C1)C(F)C=C. The van der Waals surface area contributed by atoms with Gasteiger partial charge >= 0.3 is 5.97 Å². The third-order valence-electron chi connectivity index (χ3n) is 3.74. The normalized spacial score (nSPS) is 15.9. The summed E-state index contributed by atoms with van der Waals surface area (Å²) >= 11 is 1.43. The van der Waals surface area contributed by atoms with E-state index in [2.05, 4.69) is 13.2 Å². The molecule has 0 aliphatic carbocycles. The molecule has 0 fully saturated rings. The first-order valence-corrected chi connectivity index (χ1v) is 8.38. The van der Waals surface area contributed by atoms with Crippen molar-refractivity contribution in [1.29, 1.82) is 0 Å². The molecule has 1 aromatic rings. The number of ether oxygens (including phenoxy) is 1. The molecule has 1 unspecified atom stereocenters. The van der Waals surface area contributed by atoms with E-state index in [9.17, 15) is 14.0 Å². The molecule has 1 atom stereocenters. The van der Waals surface area contributed by atoms with Crippen LogP contribution in [0.1, 0.15) is 24.3 Å². The quantitative estimate of drug-likeness (QED) is 0.341. The monoisotopic (exact) mass is 349 g/mol. The zero-order valence-corrected chi connectivity index (χ0v) is 14.6. The Morgan fingerprint density at radius 3 is 2.67 bits per heavy atom. The van der Waals surface area contributed by atoms with Crippen LogP contribution in [-0.4, -0.2) is 29.4 Å². The van der Waals surface area contributed by atoms with Crippen molar-refractivity contribution in [2.45, 2.75) is 33.0 Å². The molecule has 128 valence electrons. The largest absolute Gasteiger partial charge is 0.416 e. The Balaban J connectivity index is 2.35. The summed E-state index contributed by atoms with van der Waals surface area (Å²) in [5.41, 5.74) is 1.54. The molecule has 1 aliphatic rings. The lowest BCUT2D eigenvalue weighted by molar-refractivity contribution is -0.131. The maximum Gasteiger partial charge on any atom is 0.308 e. The minimum atomic E-state index is -1.44. The second kappa shape index (κ2) is 7.57. The molecule has 4 nitrogen and oxygen atoms in total. The van der Waals surface area contributed by atoms with Crippen LogP contribution >= 0.6 is 11.3 Å². The van der Waals surface area contributed by atoms with Crippen LogP contribution in [0, 0.1) is 0 Å². The smallest absolute Gasteiger partial charge is 0.308 e. The second-order valence-electron chi connectivity index (χ2n) is 5.48. The third-order valence-corrected chi connectivity index (χ3v) is 4.85. The molecule has 2 heterocycles. The fourth-order valence-electron chi connectivity index (χ4n) is 2.76. The van der Waals surface area contributed by atoms with E-state index >= 15 is 0 Å². The number of hydrogen-bond donors (Lipinski definition) is 0. The number of ketones is 1. The van der Waals surface area contributed by atoms with Crippen LogP contribution in [0.25, 0.3) is 0 Å². The molecular formula is C18H20FNO3S. The van der Waals surface area contributed by atoms with Gasteiger partial charge in [-0.2, -0.15) is 0 Å². The summed E-state index contributed by atoms with van der Waals surface area (Å²) < 4.78 is 19.3. The second-order valence-corrected chi connectivity index (χ2v) is 6.58. The molecule has 6 heteroatoms. The molecule has 1 aromatic heterocycles. The number of Topliss-reactive ketones (excluding diaryl/α,β-unsaturated/α-hetero) is 1. The van der Waals surface area contributed by atoms with Crippen molar-refractivity contribution >= 4 is 23.1 Å². The van der Waals surface area contributed by atoms with E-state index in [4.69, 9.17) is 4.74 Å². The molecule has 1 aliphatic heterocycles. The summed E-state index contributed by atoms with van der Waals surface area (Å²) in [5.74, 6) is -0.580. The first-order valence-electron chi connectivity index (χ1n) is 7.56. The lowest BCUT2D eigenvalue weighted by atomic mass is 10.0. The van der Waals surface area contributed by atoms with Gasteiger partial charge in [-0.3, -0.25) is 9.59 Å². The van der Waals surface area contributed by atoms with Crippen molar-refractivity contribution in [2.75, 3.05) is 6.54 Å². The van der Waals surface area contributed by atoms with Crippen LogP contribution in [-0.2, 0) is 22.6 Å². The number of carbonyl (C=O) groups is 2. The zero-order chi connectivity index (χ0) is 17.9. The van der Waals surface area contributed by atoms with Crippen LogP contribution < -0.4 is 4.74 Å². The highest BCUT2D eigenvalue weighted by molar-refractivity contribution is 7.14. The summed E-state index contributed by atoms with van der Waals surface area (Å²) in [5, 5.41) is 0.543. The summed E-state index contributed by atoms with van der Waals surface area (Å²) in [4.78, 5) is 26.2. The zero-order valence-electron chi connectivity index (χ0n) is 13.8. The minimum Gasteiger partial charge on any atom is -0.416 e. The molecule has 0 saturated heterocycles. The topological polar surface area (TPSA) is 46.6 Å². The van der Waals surface area contributed by atoms with E-state index < -0.39 is 6.17 Å². The Morgan fingerprint density at radius 1 is 1.42 bits per heavy atom. The Labute approximate surface area is 144 Å². The predicted octanol–water partition coefficient (Wildman–Crippen LogP) is 3.58. The molecular weight excluding hydrogens is 329 g/mol. The molecule has 0 amide bonds. The van der Waals surface area contributed by atoms with Crippen molar-refractivity contribution in [3.63, 3.8) is 0 Å². The minimum absolute atomic E-state index is 0.215. The first-order chi connectivity index (χ1) is 11.4. The van der Waals surface area contributed by atoms with Gasteiger partial charge in [0.1, 0.15) is 6.17 Å². The van der Waals surface area contributed by atoms with Gasteiger partial charge in [-0.15, -0.1) is 11.3 Å². The van der Waals surface area contributed by atoms with Gasteiger partial charge in [0.25, 0.3) is 0 Å². The lowest BCUT2D eigenvalue weighted by Crippen LogP contribution is -2.33. The van der Waals surface area contributed by atoms with E-state index in [1.807, 2.05) is 4.90 Å². The Bertz CT molecular complexity index is 720. The molecule has 0 N–H and O–H groups in total. The highest BCUT2D eigenvalue weighted by Gasteiger charge is 2.27. The molecule has 0 radical (unpaired) electrons. The van der Waals surface area contributed by atoms with Crippen LogP contribution in [0.2, 0.25) is 0 Å². The van der Waals surface area contributed by atoms with Crippen LogP contribution in [0.4, 0.5) is 4.39 Å². The fourth-order valence-corrected chi connectivity index (χ4v) is 3.81. The van der Waals surface area contributed by atoms with Gasteiger partial charge in [-0.25, -0.2) is 4.39 Å². The first kappa shape index (κ1) is 18.1. The highest BCUT2D eigenvalue weighted by atomic mass is 32.1. The number of nitrogens with zero attached hydrogens (tertiary/aromatic N) is 1. The predicted molar refractivity (Wildman–Crippen MR) is 92.7 cm³/mol. The van der Waals surface area contributed by atoms with E-state index in [1.54, 1.807) is 6.07 Å². The van der Waals surface area contributed by atoms with Gasteiger partial charge in [0.2, 0.25) is 0 Å². The van der Waals surface area contributed by atoms with Gasteiger partial charge in [0.15, 0.2) is 10.8 Å². The van der Waals surface area contributed by atoms with Crippen LogP contribution in [0.3, 0.4) is 0 Å².